The van der Waals surface area contributed by atoms with Gasteiger partial charge in [0.2, 0.25) is 0 Å². The fourth-order valence-corrected chi connectivity index (χ4v) is 7.40. The first-order valence-corrected chi connectivity index (χ1v) is 17.7. The molecule has 1 aliphatic heterocycles. The fraction of sp³-hybridized carbons (Fsp3) is 0.0625. The molecule has 0 bridgehead atoms. The molecule has 1 aliphatic carbocycles. The number of fused-ring (bicyclic) bond motifs is 3. The number of rotatable bonds is 6. The summed E-state index contributed by atoms with van der Waals surface area (Å²) in [6.07, 6.45) is 11.2. The molecule has 2 heterocycles. The van der Waals surface area contributed by atoms with Crippen LogP contribution >= 0.6 is 0 Å². The molecule has 4 nitrogen and oxygen atoms in total. The summed E-state index contributed by atoms with van der Waals surface area (Å²) in [6.45, 7) is 0. The van der Waals surface area contributed by atoms with Crippen LogP contribution in [0, 0.1) is 0 Å². The van der Waals surface area contributed by atoms with E-state index in [0.29, 0.717) is 6.42 Å². The minimum Gasteiger partial charge on any atom is -0.333 e. The lowest BCUT2D eigenvalue weighted by atomic mass is 9.92. The molecule has 0 saturated carbocycles. The average Bonchev–Trinajstić information content (AvgIpc) is 3.45. The zero-order valence-electron chi connectivity index (χ0n) is 28.9. The minimum absolute atomic E-state index is 0.207. The lowest BCUT2D eigenvalue weighted by Crippen LogP contribution is -2.36. The van der Waals surface area contributed by atoms with E-state index in [-0.39, 0.29) is 6.17 Å². The van der Waals surface area contributed by atoms with Crippen molar-refractivity contribution in [2.24, 2.45) is 9.98 Å². The summed E-state index contributed by atoms with van der Waals surface area (Å²) in [4.78, 5) is 17.1. The van der Waals surface area contributed by atoms with Gasteiger partial charge < -0.3 is 4.90 Å². The average molecular weight is 669 g/mol. The first kappa shape index (κ1) is 31.3. The number of likely N-dealkylation sites (N-methyl/N-ethyl adjacent to an activating group) is 1. The standard InChI is InChI=1S/C48H36N4/c1-52-47(36-15-6-3-7-16-36)50-46(35-13-4-2-5-14-35)51-48(52)39-27-26-37(29-41(30-39)40-18-12-28-49-32-40)33-22-24-34(25-23-33)45-31-38-17-8-9-19-42(38)43-20-10-11-21-44(43)45/h2-26,28-32,47H,27H2,1H3. The molecule has 6 aromatic carbocycles. The predicted molar refractivity (Wildman–Crippen MR) is 217 cm³/mol. The molecule has 7 aromatic rings. The second-order valence-corrected chi connectivity index (χ2v) is 13.3. The smallest absolute Gasteiger partial charge is 0.159 e. The SMILES string of the molecule is CN1C(C2=CC(c3cccnc3)=CC(c3ccc(-c4cc5ccccc5c5ccccc45)cc3)=CC2)=NC(c2ccccc2)=NC1c1ccccc1. The van der Waals surface area contributed by atoms with E-state index in [9.17, 15) is 0 Å². The highest BCUT2D eigenvalue weighted by Gasteiger charge is 2.28. The molecule has 0 fully saturated rings. The first-order chi connectivity index (χ1) is 25.7. The van der Waals surface area contributed by atoms with E-state index in [0.717, 1.165) is 50.6 Å². The second kappa shape index (κ2) is 13.6. The summed E-state index contributed by atoms with van der Waals surface area (Å²) >= 11 is 0. The number of hydrogen-bond acceptors (Lipinski definition) is 4. The van der Waals surface area contributed by atoms with Crippen molar-refractivity contribution in [2.75, 3.05) is 7.05 Å². The van der Waals surface area contributed by atoms with Crippen LogP contribution in [0.5, 0.6) is 0 Å². The first-order valence-electron chi connectivity index (χ1n) is 17.7. The van der Waals surface area contributed by atoms with Gasteiger partial charge in [0.15, 0.2) is 5.84 Å². The normalized spacial score (nSPS) is 16.1. The van der Waals surface area contributed by atoms with Crippen molar-refractivity contribution in [3.63, 3.8) is 0 Å². The summed E-state index contributed by atoms with van der Waals surface area (Å²) in [5.41, 5.74) is 10.2. The van der Waals surface area contributed by atoms with Crippen LogP contribution in [-0.2, 0) is 0 Å². The Labute approximate surface area is 304 Å². The third-order valence-electron chi connectivity index (χ3n) is 10.0. The molecule has 0 saturated heterocycles. The molecule has 0 spiro atoms. The Morgan fingerprint density at radius 2 is 1.25 bits per heavy atom. The third-order valence-corrected chi connectivity index (χ3v) is 10.0. The molecule has 1 aromatic heterocycles. The summed E-state index contributed by atoms with van der Waals surface area (Å²) in [6, 6.07) is 53.6. The van der Waals surface area contributed by atoms with Crippen molar-refractivity contribution >= 4 is 44.4 Å². The van der Waals surface area contributed by atoms with Crippen LogP contribution in [0.25, 0.3) is 43.8 Å². The second-order valence-electron chi connectivity index (χ2n) is 13.3. The van der Waals surface area contributed by atoms with Gasteiger partial charge in [0.1, 0.15) is 12.0 Å². The molecule has 248 valence electrons. The Bertz CT molecular complexity index is 2580. The largest absolute Gasteiger partial charge is 0.333 e. The summed E-state index contributed by atoms with van der Waals surface area (Å²) in [5, 5.41) is 5.07. The van der Waals surface area contributed by atoms with E-state index in [4.69, 9.17) is 9.98 Å². The van der Waals surface area contributed by atoms with Crippen LogP contribution in [-0.4, -0.2) is 28.6 Å². The maximum Gasteiger partial charge on any atom is 0.159 e. The topological polar surface area (TPSA) is 40.9 Å². The molecular weight excluding hydrogens is 633 g/mol. The number of aromatic nitrogens is 1. The van der Waals surface area contributed by atoms with E-state index in [1.54, 1.807) is 0 Å². The van der Waals surface area contributed by atoms with Gasteiger partial charge >= 0.3 is 0 Å². The molecule has 0 radical (unpaired) electrons. The minimum atomic E-state index is -0.207. The molecule has 1 unspecified atom stereocenters. The number of pyridine rings is 1. The highest BCUT2D eigenvalue weighted by Crippen LogP contribution is 2.37. The van der Waals surface area contributed by atoms with Gasteiger partial charge in [-0.2, -0.15) is 0 Å². The van der Waals surface area contributed by atoms with E-state index >= 15 is 0 Å². The Morgan fingerprint density at radius 1 is 0.577 bits per heavy atom. The van der Waals surface area contributed by atoms with Gasteiger partial charge in [0.05, 0.1) is 0 Å². The Balaban J connectivity index is 1.12. The number of amidine groups is 2. The van der Waals surface area contributed by atoms with Gasteiger partial charge in [-0.25, -0.2) is 9.98 Å². The van der Waals surface area contributed by atoms with Crippen molar-refractivity contribution in [3.05, 3.63) is 210 Å². The lowest BCUT2D eigenvalue weighted by Gasteiger charge is -2.33. The molecular formula is C48H36N4. The number of nitrogens with zero attached hydrogens (tertiary/aromatic N) is 4. The molecule has 0 N–H and O–H groups in total. The van der Waals surface area contributed by atoms with Crippen molar-refractivity contribution in [3.8, 4) is 11.1 Å². The Morgan fingerprint density at radius 3 is 2.02 bits per heavy atom. The maximum absolute atomic E-state index is 5.24. The number of allylic oxidation sites excluding steroid dienone is 5. The summed E-state index contributed by atoms with van der Waals surface area (Å²) < 4.78 is 0. The quantitative estimate of drug-likeness (QED) is 0.166. The number of aliphatic imine (C=N–C) groups is 2. The highest BCUT2D eigenvalue weighted by molar-refractivity contribution is 6.15. The van der Waals surface area contributed by atoms with Crippen LogP contribution in [0.4, 0.5) is 0 Å². The van der Waals surface area contributed by atoms with Crippen molar-refractivity contribution in [2.45, 2.75) is 12.6 Å². The monoisotopic (exact) mass is 668 g/mol. The maximum atomic E-state index is 5.24. The van der Waals surface area contributed by atoms with E-state index in [1.807, 2.05) is 42.7 Å². The third kappa shape index (κ3) is 5.95. The van der Waals surface area contributed by atoms with E-state index in [1.165, 1.54) is 32.7 Å². The zero-order chi connectivity index (χ0) is 34.9. The molecule has 2 aliphatic rings. The lowest BCUT2D eigenvalue weighted by molar-refractivity contribution is 0.381. The number of hydrogen-bond donors (Lipinski definition) is 0. The van der Waals surface area contributed by atoms with Gasteiger partial charge in [-0.15, -0.1) is 0 Å². The fourth-order valence-electron chi connectivity index (χ4n) is 7.40. The van der Waals surface area contributed by atoms with Crippen LogP contribution in [0.2, 0.25) is 0 Å². The van der Waals surface area contributed by atoms with Gasteiger partial charge in [-0.3, -0.25) is 4.98 Å². The van der Waals surface area contributed by atoms with Crippen molar-refractivity contribution < 1.29 is 0 Å². The zero-order valence-corrected chi connectivity index (χ0v) is 28.9. The van der Waals surface area contributed by atoms with Gasteiger partial charge in [0, 0.05) is 30.6 Å². The molecule has 1 atom stereocenters. The van der Waals surface area contributed by atoms with Crippen molar-refractivity contribution in [1.82, 2.24) is 9.88 Å². The molecule has 52 heavy (non-hydrogen) atoms. The molecule has 9 rings (SSSR count). The van der Waals surface area contributed by atoms with Crippen LogP contribution in [0.1, 0.15) is 34.8 Å². The molecule has 0 amide bonds. The molecule has 4 heteroatoms. The van der Waals surface area contributed by atoms with E-state index in [2.05, 4.69) is 156 Å². The van der Waals surface area contributed by atoms with Gasteiger partial charge in [0.25, 0.3) is 0 Å². The van der Waals surface area contributed by atoms with Crippen LogP contribution < -0.4 is 0 Å². The van der Waals surface area contributed by atoms with Crippen LogP contribution in [0.3, 0.4) is 0 Å². The Hall–Kier alpha value is -6.65. The summed E-state index contributed by atoms with van der Waals surface area (Å²) in [5.74, 6) is 1.65. The van der Waals surface area contributed by atoms with Crippen molar-refractivity contribution in [1.29, 1.82) is 0 Å². The highest BCUT2D eigenvalue weighted by atomic mass is 15.3. The summed E-state index contributed by atoms with van der Waals surface area (Å²) in [7, 11) is 2.10. The van der Waals surface area contributed by atoms with Crippen LogP contribution in [0.15, 0.2) is 198 Å². The Kier molecular flexibility index (Phi) is 8.18. The van der Waals surface area contributed by atoms with Gasteiger partial charge in [-0.05, 0) is 91.2 Å². The number of benzene rings is 6. The van der Waals surface area contributed by atoms with Gasteiger partial charge in [-0.1, -0.05) is 146 Å². The predicted octanol–water partition coefficient (Wildman–Crippen LogP) is 11.3. The van der Waals surface area contributed by atoms with E-state index < -0.39 is 0 Å².